The zero-order valence-electron chi connectivity index (χ0n) is 9.30. The van der Waals surface area contributed by atoms with E-state index in [4.69, 9.17) is 5.26 Å². The summed E-state index contributed by atoms with van der Waals surface area (Å²) in [6.07, 6.45) is 1.03. The first kappa shape index (κ1) is 12.9. The van der Waals surface area contributed by atoms with Crippen LogP contribution in [0.3, 0.4) is 0 Å². The molecule has 1 rings (SSSR count). The van der Waals surface area contributed by atoms with Crippen molar-refractivity contribution in [2.75, 3.05) is 25.9 Å². The summed E-state index contributed by atoms with van der Waals surface area (Å²) in [7, 11) is -3.40. The molecule has 1 saturated heterocycles. The molecule has 1 aliphatic heterocycles. The summed E-state index contributed by atoms with van der Waals surface area (Å²) in [6, 6.07) is 1.41. The Morgan fingerprint density at radius 2 is 2.25 bits per heavy atom. The van der Waals surface area contributed by atoms with Crippen molar-refractivity contribution in [1.82, 2.24) is 10.2 Å². The van der Waals surface area contributed by atoms with E-state index in [1.165, 1.54) is 11.8 Å². The second-order valence-corrected chi connectivity index (χ2v) is 6.22. The normalized spacial score (nSPS) is 23.6. The fraction of sp³-hybridized carbons (Fsp3) is 0.778. The Morgan fingerprint density at radius 1 is 1.62 bits per heavy atom. The van der Waals surface area contributed by atoms with Gasteiger partial charge in [-0.3, -0.25) is 4.79 Å². The molecule has 0 radical (unpaired) electrons. The fourth-order valence-corrected chi connectivity index (χ4v) is 2.00. The van der Waals surface area contributed by atoms with Gasteiger partial charge in [-0.15, -0.1) is 0 Å². The van der Waals surface area contributed by atoms with Crippen LogP contribution in [0.15, 0.2) is 0 Å². The number of hydrogen-bond donors (Lipinski definition) is 1. The predicted octanol–water partition coefficient (Wildman–Crippen LogP) is -1.26. The highest BCUT2D eigenvalue weighted by Gasteiger charge is 2.33. The van der Waals surface area contributed by atoms with Gasteiger partial charge >= 0.3 is 0 Å². The molecule has 0 aromatic rings. The van der Waals surface area contributed by atoms with E-state index in [0.29, 0.717) is 19.6 Å². The van der Waals surface area contributed by atoms with E-state index in [9.17, 15) is 13.2 Å². The Bertz CT molecular complexity index is 412. The Hall–Kier alpha value is -1.13. The number of sulfone groups is 1. The topological polar surface area (TPSA) is 90.3 Å². The SMILES string of the molecule is CC(C(=O)N1CCNCC1C#N)S(C)(=O)=O. The number of piperazine rings is 1. The molecule has 7 heteroatoms. The number of rotatable bonds is 2. The second kappa shape index (κ2) is 4.80. The van der Waals surface area contributed by atoms with E-state index < -0.39 is 27.0 Å². The minimum atomic E-state index is -3.40. The molecule has 1 N–H and O–H groups in total. The molecule has 0 bridgehead atoms. The van der Waals surface area contributed by atoms with Crippen LogP contribution in [0.1, 0.15) is 6.92 Å². The van der Waals surface area contributed by atoms with Crippen molar-refractivity contribution in [3.63, 3.8) is 0 Å². The summed E-state index contributed by atoms with van der Waals surface area (Å²) in [6.45, 7) is 2.70. The lowest BCUT2D eigenvalue weighted by Crippen LogP contribution is -2.56. The van der Waals surface area contributed by atoms with Crippen molar-refractivity contribution in [3.8, 4) is 6.07 Å². The average Bonchev–Trinajstić information content (AvgIpc) is 2.25. The van der Waals surface area contributed by atoms with Crippen molar-refractivity contribution >= 4 is 15.7 Å². The third-order valence-corrected chi connectivity index (χ3v) is 4.15. The lowest BCUT2D eigenvalue weighted by atomic mass is 10.2. The van der Waals surface area contributed by atoms with Gasteiger partial charge in [-0.05, 0) is 6.92 Å². The van der Waals surface area contributed by atoms with Gasteiger partial charge in [0.15, 0.2) is 9.84 Å². The number of nitrogens with zero attached hydrogens (tertiary/aromatic N) is 2. The molecule has 1 fully saturated rings. The maximum absolute atomic E-state index is 11.9. The molecule has 0 saturated carbocycles. The Balaban J connectivity index is 2.84. The number of nitrogens with one attached hydrogen (secondary N) is 1. The molecule has 90 valence electrons. The zero-order chi connectivity index (χ0) is 12.3. The summed E-state index contributed by atoms with van der Waals surface area (Å²) in [4.78, 5) is 13.2. The Labute approximate surface area is 95.1 Å². The first-order chi connectivity index (χ1) is 7.38. The molecule has 0 aromatic carbocycles. The average molecular weight is 245 g/mol. The smallest absolute Gasteiger partial charge is 0.241 e. The van der Waals surface area contributed by atoms with Crippen molar-refractivity contribution in [2.24, 2.45) is 0 Å². The molecule has 2 atom stereocenters. The van der Waals surface area contributed by atoms with E-state index in [0.717, 1.165) is 6.26 Å². The molecule has 1 aliphatic rings. The summed E-state index contributed by atoms with van der Waals surface area (Å²) in [5, 5.41) is 10.8. The van der Waals surface area contributed by atoms with Crippen LogP contribution in [0.5, 0.6) is 0 Å². The molecule has 1 amide bonds. The standard InChI is InChI=1S/C9H15N3O3S/c1-7(16(2,14)15)9(13)12-4-3-11-6-8(12)5-10/h7-8,11H,3-4,6H2,1-2H3. The van der Waals surface area contributed by atoms with Crippen LogP contribution < -0.4 is 5.32 Å². The van der Waals surface area contributed by atoms with Gasteiger partial charge in [-0.25, -0.2) is 8.42 Å². The lowest BCUT2D eigenvalue weighted by Gasteiger charge is -2.33. The largest absolute Gasteiger partial charge is 0.323 e. The van der Waals surface area contributed by atoms with Gasteiger partial charge in [0.25, 0.3) is 0 Å². The highest BCUT2D eigenvalue weighted by atomic mass is 32.2. The van der Waals surface area contributed by atoms with E-state index in [-0.39, 0.29) is 0 Å². The van der Waals surface area contributed by atoms with Crippen molar-refractivity contribution in [3.05, 3.63) is 0 Å². The molecule has 0 aromatic heterocycles. The van der Waals surface area contributed by atoms with Crippen LogP contribution >= 0.6 is 0 Å². The molecule has 0 aliphatic carbocycles. The first-order valence-electron chi connectivity index (χ1n) is 4.97. The van der Waals surface area contributed by atoms with Crippen LogP contribution in [-0.2, 0) is 14.6 Å². The molecule has 0 spiro atoms. The van der Waals surface area contributed by atoms with Gasteiger partial charge in [0, 0.05) is 25.9 Å². The monoisotopic (exact) mass is 245 g/mol. The van der Waals surface area contributed by atoms with E-state index >= 15 is 0 Å². The van der Waals surface area contributed by atoms with Gasteiger partial charge in [0.1, 0.15) is 11.3 Å². The summed E-state index contributed by atoms with van der Waals surface area (Å²) >= 11 is 0. The number of amides is 1. The number of hydrogen-bond acceptors (Lipinski definition) is 5. The fourth-order valence-electron chi connectivity index (χ4n) is 1.50. The number of carbonyl (C=O) groups excluding carboxylic acids is 1. The summed E-state index contributed by atoms with van der Waals surface area (Å²) in [5.74, 6) is -0.490. The first-order valence-corrected chi connectivity index (χ1v) is 6.93. The third-order valence-electron chi connectivity index (χ3n) is 2.67. The van der Waals surface area contributed by atoms with Gasteiger partial charge in [-0.1, -0.05) is 0 Å². The maximum atomic E-state index is 11.9. The third kappa shape index (κ3) is 2.71. The molecule has 16 heavy (non-hydrogen) atoms. The maximum Gasteiger partial charge on any atom is 0.241 e. The zero-order valence-corrected chi connectivity index (χ0v) is 10.1. The highest BCUT2D eigenvalue weighted by molar-refractivity contribution is 7.92. The number of nitriles is 1. The van der Waals surface area contributed by atoms with Crippen molar-refractivity contribution in [2.45, 2.75) is 18.2 Å². The van der Waals surface area contributed by atoms with Crippen LogP contribution in [0, 0.1) is 11.3 Å². The van der Waals surface area contributed by atoms with Crippen molar-refractivity contribution < 1.29 is 13.2 Å². The van der Waals surface area contributed by atoms with Crippen molar-refractivity contribution in [1.29, 1.82) is 5.26 Å². The molecule has 2 unspecified atom stereocenters. The minimum absolute atomic E-state index is 0.372. The molecular formula is C9H15N3O3S. The predicted molar refractivity (Wildman–Crippen MR) is 58.3 cm³/mol. The van der Waals surface area contributed by atoms with E-state index in [2.05, 4.69) is 5.32 Å². The number of carbonyl (C=O) groups is 1. The molecule has 1 heterocycles. The van der Waals surface area contributed by atoms with Crippen LogP contribution in [-0.4, -0.2) is 56.4 Å². The van der Waals surface area contributed by atoms with E-state index in [1.807, 2.05) is 6.07 Å². The summed E-state index contributed by atoms with van der Waals surface area (Å²) < 4.78 is 22.5. The van der Waals surface area contributed by atoms with Crippen LogP contribution in [0.25, 0.3) is 0 Å². The Kier molecular flexibility index (Phi) is 3.88. The van der Waals surface area contributed by atoms with Gasteiger partial charge in [0.2, 0.25) is 5.91 Å². The van der Waals surface area contributed by atoms with Gasteiger partial charge < -0.3 is 10.2 Å². The van der Waals surface area contributed by atoms with Crippen LogP contribution in [0.2, 0.25) is 0 Å². The minimum Gasteiger partial charge on any atom is -0.323 e. The highest BCUT2D eigenvalue weighted by Crippen LogP contribution is 2.09. The second-order valence-electron chi connectivity index (χ2n) is 3.85. The molecular weight excluding hydrogens is 230 g/mol. The summed E-state index contributed by atoms with van der Waals surface area (Å²) in [5.41, 5.74) is 0. The van der Waals surface area contributed by atoms with Gasteiger partial charge in [-0.2, -0.15) is 5.26 Å². The lowest BCUT2D eigenvalue weighted by molar-refractivity contribution is -0.132. The Morgan fingerprint density at radius 3 is 2.75 bits per heavy atom. The van der Waals surface area contributed by atoms with E-state index in [1.54, 1.807) is 0 Å². The van der Waals surface area contributed by atoms with Gasteiger partial charge in [0.05, 0.1) is 6.07 Å². The molecule has 6 nitrogen and oxygen atoms in total. The van der Waals surface area contributed by atoms with Crippen LogP contribution in [0.4, 0.5) is 0 Å². The quantitative estimate of drug-likeness (QED) is 0.656.